The fourth-order valence-corrected chi connectivity index (χ4v) is 3.86. The maximum absolute atomic E-state index is 13.8. The van der Waals surface area contributed by atoms with Crippen LogP contribution in [0.5, 0.6) is 0 Å². The zero-order valence-corrected chi connectivity index (χ0v) is 13.3. The fraction of sp³-hybridized carbons (Fsp3) is 0.286. The molecular formula is C14H17FN2O2S2. The normalized spacial score (nSPS) is 12.0. The summed E-state index contributed by atoms with van der Waals surface area (Å²) in [6, 6.07) is 7.79. The lowest BCUT2D eigenvalue weighted by molar-refractivity contribution is 0.466. The van der Waals surface area contributed by atoms with E-state index in [4.69, 9.17) is 5.73 Å². The number of sulfonamides is 1. The predicted molar refractivity (Wildman–Crippen MR) is 82.1 cm³/mol. The largest absolute Gasteiger partial charge is 0.326 e. The summed E-state index contributed by atoms with van der Waals surface area (Å²) in [6.45, 7) is 0.469. The van der Waals surface area contributed by atoms with Crippen molar-refractivity contribution in [3.63, 3.8) is 0 Å². The predicted octanol–water partition coefficient (Wildman–Crippen LogP) is 2.21. The van der Waals surface area contributed by atoms with Gasteiger partial charge in [-0.25, -0.2) is 17.1 Å². The number of nitrogens with two attached hydrogens (primary N) is 1. The highest BCUT2D eigenvalue weighted by atomic mass is 32.2. The van der Waals surface area contributed by atoms with E-state index in [1.165, 1.54) is 23.5 Å². The first kappa shape index (κ1) is 16.1. The molecule has 0 bridgehead atoms. The van der Waals surface area contributed by atoms with Crippen LogP contribution < -0.4 is 5.73 Å². The molecule has 0 aliphatic rings. The van der Waals surface area contributed by atoms with Crippen LogP contribution in [0, 0.1) is 5.82 Å². The topological polar surface area (TPSA) is 63.4 Å². The Labute approximate surface area is 128 Å². The molecule has 0 saturated heterocycles. The minimum Gasteiger partial charge on any atom is -0.326 e. The van der Waals surface area contributed by atoms with Gasteiger partial charge in [-0.1, -0.05) is 12.1 Å². The van der Waals surface area contributed by atoms with Crippen LogP contribution in [0.15, 0.2) is 40.6 Å². The van der Waals surface area contributed by atoms with Gasteiger partial charge in [0.1, 0.15) is 10.7 Å². The van der Waals surface area contributed by atoms with Gasteiger partial charge in [0, 0.05) is 25.0 Å². The number of thiophene rings is 1. The van der Waals surface area contributed by atoms with Crippen molar-refractivity contribution in [3.8, 4) is 0 Å². The van der Waals surface area contributed by atoms with Gasteiger partial charge in [0.2, 0.25) is 10.0 Å². The minimum atomic E-state index is -3.85. The molecule has 1 aromatic carbocycles. The van der Waals surface area contributed by atoms with E-state index in [2.05, 4.69) is 0 Å². The summed E-state index contributed by atoms with van der Waals surface area (Å²) in [6.07, 6.45) is 0.603. The Morgan fingerprint density at radius 2 is 2.10 bits per heavy atom. The molecule has 4 nitrogen and oxygen atoms in total. The van der Waals surface area contributed by atoms with Crippen molar-refractivity contribution in [3.05, 3.63) is 52.0 Å². The van der Waals surface area contributed by atoms with Crippen LogP contribution in [-0.4, -0.2) is 26.3 Å². The van der Waals surface area contributed by atoms with Crippen LogP contribution in [0.4, 0.5) is 4.39 Å². The Bertz CT molecular complexity index is 700. The Balaban J connectivity index is 2.20. The zero-order valence-electron chi connectivity index (χ0n) is 11.6. The number of hydrogen-bond donors (Lipinski definition) is 1. The fourth-order valence-electron chi connectivity index (χ4n) is 1.88. The van der Waals surface area contributed by atoms with Gasteiger partial charge < -0.3 is 5.73 Å². The molecule has 0 fully saturated rings. The summed E-state index contributed by atoms with van der Waals surface area (Å²) in [4.78, 5) is 0.771. The second-order valence-corrected chi connectivity index (χ2v) is 7.67. The molecule has 7 heteroatoms. The van der Waals surface area contributed by atoms with Crippen LogP contribution in [-0.2, 0) is 23.0 Å². The molecule has 2 aromatic rings. The summed E-state index contributed by atoms with van der Waals surface area (Å²) >= 11 is 1.57. The van der Waals surface area contributed by atoms with E-state index in [1.807, 2.05) is 17.5 Å². The number of benzene rings is 1. The monoisotopic (exact) mass is 328 g/mol. The lowest BCUT2D eigenvalue weighted by Crippen LogP contribution is -2.29. The number of likely N-dealkylation sites (N-methyl/N-ethyl adjacent to an activating group) is 1. The first-order valence-corrected chi connectivity index (χ1v) is 8.74. The first-order valence-electron chi connectivity index (χ1n) is 6.42. The number of rotatable bonds is 6. The maximum Gasteiger partial charge on any atom is 0.245 e. The zero-order chi connectivity index (χ0) is 15.5. The molecule has 0 unspecified atom stereocenters. The first-order chi connectivity index (χ1) is 9.95. The van der Waals surface area contributed by atoms with Crippen LogP contribution in [0.25, 0.3) is 0 Å². The third-order valence-corrected chi connectivity index (χ3v) is 5.98. The lowest BCUT2D eigenvalue weighted by Gasteiger charge is -2.17. The summed E-state index contributed by atoms with van der Waals surface area (Å²) in [7, 11) is -2.39. The van der Waals surface area contributed by atoms with Crippen molar-refractivity contribution < 1.29 is 12.8 Å². The molecule has 0 spiro atoms. The van der Waals surface area contributed by atoms with Gasteiger partial charge in [0.15, 0.2) is 0 Å². The summed E-state index contributed by atoms with van der Waals surface area (Å²) in [5.41, 5.74) is 6.07. The van der Waals surface area contributed by atoms with Crippen molar-refractivity contribution in [2.75, 3.05) is 13.6 Å². The average Bonchev–Trinajstić information content (AvgIpc) is 2.98. The van der Waals surface area contributed by atoms with E-state index in [9.17, 15) is 12.8 Å². The molecule has 0 amide bonds. The third kappa shape index (κ3) is 3.68. The van der Waals surface area contributed by atoms with Gasteiger partial charge in [-0.05, 0) is 35.6 Å². The highest BCUT2D eigenvalue weighted by Crippen LogP contribution is 2.20. The Morgan fingerprint density at radius 1 is 1.33 bits per heavy atom. The van der Waals surface area contributed by atoms with E-state index >= 15 is 0 Å². The molecule has 1 aromatic heterocycles. The van der Waals surface area contributed by atoms with E-state index < -0.39 is 15.8 Å². The Kier molecular flexibility index (Phi) is 5.10. The van der Waals surface area contributed by atoms with Crippen LogP contribution in [0.3, 0.4) is 0 Å². The number of halogens is 1. The molecule has 0 atom stereocenters. The Morgan fingerprint density at radius 3 is 2.71 bits per heavy atom. The van der Waals surface area contributed by atoms with Crippen LogP contribution in [0.1, 0.15) is 10.4 Å². The van der Waals surface area contributed by atoms with Crippen LogP contribution >= 0.6 is 11.3 Å². The second kappa shape index (κ2) is 6.65. The molecule has 21 heavy (non-hydrogen) atoms. The average molecular weight is 328 g/mol. The van der Waals surface area contributed by atoms with Gasteiger partial charge in [0.25, 0.3) is 0 Å². The SMILES string of the molecule is CN(CCc1cccs1)S(=O)(=O)c1cc(CN)ccc1F. The van der Waals surface area contributed by atoms with Crippen LogP contribution in [0.2, 0.25) is 0 Å². The van der Waals surface area contributed by atoms with Crippen molar-refractivity contribution in [1.29, 1.82) is 0 Å². The smallest absolute Gasteiger partial charge is 0.245 e. The summed E-state index contributed by atoms with van der Waals surface area (Å²) in [5, 5.41) is 1.94. The summed E-state index contributed by atoms with van der Waals surface area (Å²) in [5.74, 6) is -0.754. The van der Waals surface area contributed by atoms with Crippen molar-refractivity contribution >= 4 is 21.4 Å². The Hall–Kier alpha value is -1.28. The molecule has 114 valence electrons. The van der Waals surface area contributed by atoms with Crippen molar-refractivity contribution in [1.82, 2.24) is 4.31 Å². The van der Waals surface area contributed by atoms with Gasteiger partial charge in [-0.2, -0.15) is 0 Å². The van der Waals surface area contributed by atoms with E-state index in [-0.39, 0.29) is 11.4 Å². The van der Waals surface area contributed by atoms with Gasteiger partial charge in [0.05, 0.1) is 0 Å². The molecular weight excluding hydrogens is 311 g/mol. The quantitative estimate of drug-likeness (QED) is 0.884. The van der Waals surface area contributed by atoms with E-state index in [1.54, 1.807) is 11.3 Å². The van der Waals surface area contributed by atoms with E-state index in [0.717, 1.165) is 10.9 Å². The molecule has 2 rings (SSSR count). The minimum absolute atomic E-state index is 0.168. The highest BCUT2D eigenvalue weighted by molar-refractivity contribution is 7.89. The molecule has 0 saturated carbocycles. The molecule has 0 aliphatic heterocycles. The lowest BCUT2D eigenvalue weighted by atomic mass is 10.2. The number of nitrogens with zero attached hydrogens (tertiary/aromatic N) is 1. The molecule has 1 heterocycles. The standard InChI is InChI=1S/C14H17FN2O2S2/c1-17(7-6-12-3-2-8-20-12)21(18,19)14-9-11(10-16)4-5-13(14)15/h2-5,8-9H,6-7,10,16H2,1H3. The summed E-state index contributed by atoms with van der Waals surface area (Å²) < 4.78 is 39.9. The number of hydrogen-bond acceptors (Lipinski definition) is 4. The van der Waals surface area contributed by atoms with Gasteiger partial charge in [-0.3, -0.25) is 0 Å². The van der Waals surface area contributed by atoms with Gasteiger partial charge in [-0.15, -0.1) is 11.3 Å². The second-order valence-electron chi connectivity index (χ2n) is 4.62. The molecule has 0 aliphatic carbocycles. The maximum atomic E-state index is 13.8. The van der Waals surface area contributed by atoms with Crippen molar-refractivity contribution in [2.45, 2.75) is 17.9 Å². The van der Waals surface area contributed by atoms with E-state index in [0.29, 0.717) is 18.5 Å². The van der Waals surface area contributed by atoms with Gasteiger partial charge >= 0.3 is 0 Å². The third-order valence-electron chi connectivity index (χ3n) is 3.17. The molecule has 2 N–H and O–H groups in total. The van der Waals surface area contributed by atoms with Crippen molar-refractivity contribution in [2.24, 2.45) is 5.73 Å². The molecule has 0 radical (unpaired) electrons. The highest BCUT2D eigenvalue weighted by Gasteiger charge is 2.24.